The summed E-state index contributed by atoms with van der Waals surface area (Å²) in [7, 11) is 0. The number of likely N-dealkylation sites (tertiary alicyclic amines) is 1. The summed E-state index contributed by atoms with van der Waals surface area (Å²) in [6.45, 7) is 1.44. The molecule has 9 heteroatoms. The number of hydrogen-bond donors (Lipinski definition) is 1. The van der Waals surface area contributed by atoms with Crippen molar-refractivity contribution >= 4 is 44.6 Å². The maximum atomic E-state index is 11.9. The van der Waals surface area contributed by atoms with E-state index in [9.17, 15) is 4.79 Å². The summed E-state index contributed by atoms with van der Waals surface area (Å²) in [5, 5.41) is 3.29. The summed E-state index contributed by atoms with van der Waals surface area (Å²) in [6, 6.07) is 14.7. The van der Waals surface area contributed by atoms with E-state index in [1.54, 1.807) is 17.5 Å². The predicted molar refractivity (Wildman–Crippen MR) is 138 cm³/mol. The Labute approximate surface area is 210 Å². The summed E-state index contributed by atoms with van der Waals surface area (Å²) < 4.78 is 13.0. The van der Waals surface area contributed by atoms with E-state index >= 15 is 0 Å². The molecule has 5 heterocycles. The lowest BCUT2D eigenvalue weighted by Gasteiger charge is -2.15. The molecule has 7 rings (SSSR count). The molecular formula is C27H23N5O3S. The highest BCUT2D eigenvalue weighted by Crippen LogP contribution is 2.39. The predicted octanol–water partition coefficient (Wildman–Crippen LogP) is 5.99. The molecule has 4 aromatic heterocycles. The molecule has 1 aromatic carbocycles. The van der Waals surface area contributed by atoms with E-state index in [1.807, 2.05) is 53.6 Å². The van der Waals surface area contributed by atoms with Crippen LogP contribution in [0.1, 0.15) is 31.2 Å². The zero-order valence-corrected chi connectivity index (χ0v) is 20.3. The van der Waals surface area contributed by atoms with Crippen LogP contribution in [0.4, 0.5) is 6.01 Å². The molecule has 8 nitrogen and oxygen atoms in total. The van der Waals surface area contributed by atoms with Gasteiger partial charge in [0.15, 0.2) is 5.58 Å². The Balaban J connectivity index is 1.13. The SMILES string of the molecule is O=C1CCCN1Cc1ccc(-c2cc3nccc(Oc4ccc5oc(NC6CC6)nc5c4)c3s2)nc1. The number of hydrogen-bond acceptors (Lipinski definition) is 8. The van der Waals surface area contributed by atoms with Crippen LogP contribution >= 0.6 is 11.3 Å². The van der Waals surface area contributed by atoms with Crippen LogP contribution in [0.5, 0.6) is 11.5 Å². The molecule has 0 bridgehead atoms. The largest absolute Gasteiger partial charge is 0.456 e. The monoisotopic (exact) mass is 497 g/mol. The lowest BCUT2D eigenvalue weighted by Crippen LogP contribution is -2.23. The second-order valence-electron chi connectivity index (χ2n) is 9.27. The third kappa shape index (κ3) is 4.15. The first-order valence-corrected chi connectivity index (χ1v) is 13.0. The first-order chi connectivity index (χ1) is 17.7. The number of anilines is 1. The number of ether oxygens (including phenoxy) is 1. The summed E-state index contributed by atoms with van der Waals surface area (Å²) in [6.07, 6.45) is 7.52. The third-order valence-electron chi connectivity index (χ3n) is 6.49. The van der Waals surface area contributed by atoms with Crippen molar-refractivity contribution in [2.75, 3.05) is 11.9 Å². The number of rotatable bonds is 7. The van der Waals surface area contributed by atoms with Gasteiger partial charge >= 0.3 is 0 Å². The number of amides is 1. The lowest BCUT2D eigenvalue weighted by molar-refractivity contribution is -0.128. The van der Waals surface area contributed by atoms with Gasteiger partial charge in [0.05, 0.1) is 20.8 Å². The van der Waals surface area contributed by atoms with Gasteiger partial charge in [-0.05, 0) is 49.1 Å². The Kier molecular flexibility index (Phi) is 5.09. The van der Waals surface area contributed by atoms with Crippen molar-refractivity contribution < 1.29 is 13.9 Å². The van der Waals surface area contributed by atoms with Gasteiger partial charge in [0.1, 0.15) is 17.0 Å². The molecule has 1 aliphatic heterocycles. The van der Waals surface area contributed by atoms with E-state index in [0.717, 1.165) is 69.0 Å². The highest BCUT2D eigenvalue weighted by Gasteiger charge is 2.23. The fourth-order valence-corrected chi connectivity index (χ4v) is 5.48. The van der Waals surface area contributed by atoms with Crippen molar-refractivity contribution in [1.82, 2.24) is 19.9 Å². The number of oxazole rings is 1. The second-order valence-corrected chi connectivity index (χ2v) is 10.3. The maximum absolute atomic E-state index is 11.9. The standard InChI is InChI=1S/C27H23N5O3S/c33-25-2-1-11-32(25)15-16-3-7-19(29-14-16)24-13-21-26(36-24)23(9-10-28-21)34-18-6-8-22-20(12-18)31-27(35-22)30-17-4-5-17/h3,6-10,12-14,17H,1-2,4-5,11,15H2,(H,30,31). The average molecular weight is 498 g/mol. The molecule has 1 amide bonds. The molecule has 5 aromatic rings. The molecule has 2 fully saturated rings. The second kappa shape index (κ2) is 8.60. The van der Waals surface area contributed by atoms with E-state index in [2.05, 4.69) is 20.3 Å². The molecule has 0 radical (unpaired) electrons. The highest BCUT2D eigenvalue weighted by molar-refractivity contribution is 7.22. The summed E-state index contributed by atoms with van der Waals surface area (Å²) in [5.41, 5.74) is 4.26. The van der Waals surface area contributed by atoms with Gasteiger partial charge in [-0.2, -0.15) is 4.98 Å². The molecule has 2 aliphatic rings. The topological polar surface area (TPSA) is 93.4 Å². The lowest BCUT2D eigenvalue weighted by atomic mass is 10.2. The average Bonchev–Trinajstić information content (AvgIpc) is 3.24. The molecule has 36 heavy (non-hydrogen) atoms. The van der Waals surface area contributed by atoms with Crippen LogP contribution in [0.2, 0.25) is 0 Å². The van der Waals surface area contributed by atoms with Crippen LogP contribution < -0.4 is 10.1 Å². The molecule has 1 saturated heterocycles. The van der Waals surface area contributed by atoms with Crippen LogP contribution in [-0.4, -0.2) is 38.3 Å². The Hall–Kier alpha value is -3.98. The Morgan fingerprint density at radius 2 is 2.06 bits per heavy atom. The normalized spacial score (nSPS) is 15.8. The van der Waals surface area contributed by atoms with Crippen molar-refractivity contribution in [3.8, 4) is 22.1 Å². The number of thiophene rings is 1. The maximum Gasteiger partial charge on any atom is 0.295 e. The van der Waals surface area contributed by atoms with Gasteiger partial charge in [0, 0.05) is 50.1 Å². The Morgan fingerprint density at radius 1 is 1.11 bits per heavy atom. The van der Waals surface area contributed by atoms with E-state index in [-0.39, 0.29) is 5.91 Å². The third-order valence-corrected chi connectivity index (χ3v) is 7.65. The van der Waals surface area contributed by atoms with Crippen molar-refractivity contribution in [3.05, 3.63) is 60.4 Å². The van der Waals surface area contributed by atoms with Crippen LogP contribution in [0.25, 0.3) is 31.9 Å². The van der Waals surface area contributed by atoms with Gasteiger partial charge in [0.2, 0.25) is 5.91 Å². The minimum Gasteiger partial charge on any atom is -0.456 e. The van der Waals surface area contributed by atoms with Gasteiger partial charge in [-0.3, -0.25) is 14.8 Å². The van der Waals surface area contributed by atoms with Gasteiger partial charge in [-0.15, -0.1) is 11.3 Å². The summed E-state index contributed by atoms with van der Waals surface area (Å²) in [5.74, 6) is 1.65. The Bertz CT molecular complexity index is 1590. The summed E-state index contributed by atoms with van der Waals surface area (Å²) >= 11 is 1.60. The smallest absolute Gasteiger partial charge is 0.295 e. The van der Waals surface area contributed by atoms with Crippen molar-refractivity contribution in [2.24, 2.45) is 0 Å². The molecule has 1 aliphatic carbocycles. The van der Waals surface area contributed by atoms with Gasteiger partial charge in [0.25, 0.3) is 6.01 Å². The number of pyridine rings is 2. The number of aromatic nitrogens is 3. The Morgan fingerprint density at radius 3 is 2.86 bits per heavy atom. The molecule has 0 unspecified atom stereocenters. The van der Waals surface area contributed by atoms with Crippen molar-refractivity contribution in [2.45, 2.75) is 38.3 Å². The first kappa shape index (κ1) is 21.3. The summed E-state index contributed by atoms with van der Waals surface area (Å²) in [4.78, 5) is 28.6. The van der Waals surface area contributed by atoms with Crippen LogP contribution in [-0.2, 0) is 11.3 Å². The molecule has 180 valence electrons. The van der Waals surface area contributed by atoms with E-state index in [0.29, 0.717) is 30.8 Å². The molecule has 1 N–H and O–H groups in total. The van der Waals surface area contributed by atoms with Gasteiger partial charge in [-0.1, -0.05) is 6.07 Å². The van der Waals surface area contributed by atoms with Crippen LogP contribution in [0, 0.1) is 0 Å². The first-order valence-electron chi connectivity index (χ1n) is 12.1. The highest BCUT2D eigenvalue weighted by atomic mass is 32.1. The van der Waals surface area contributed by atoms with E-state index in [1.165, 1.54) is 0 Å². The van der Waals surface area contributed by atoms with Gasteiger partial charge in [-0.25, -0.2) is 0 Å². The quantitative estimate of drug-likeness (QED) is 0.295. The zero-order valence-electron chi connectivity index (χ0n) is 19.4. The molecule has 1 saturated carbocycles. The van der Waals surface area contributed by atoms with Crippen molar-refractivity contribution in [1.29, 1.82) is 0 Å². The number of nitrogens with one attached hydrogen (secondary N) is 1. The molecule has 0 atom stereocenters. The number of fused-ring (bicyclic) bond motifs is 2. The number of benzene rings is 1. The molecular weight excluding hydrogens is 474 g/mol. The number of nitrogens with zero attached hydrogens (tertiary/aromatic N) is 4. The minimum atomic E-state index is 0.222. The number of carbonyl (C=O) groups is 1. The number of carbonyl (C=O) groups excluding carboxylic acids is 1. The van der Waals surface area contributed by atoms with Gasteiger partial charge < -0.3 is 19.4 Å². The van der Waals surface area contributed by atoms with Crippen LogP contribution in [0.3, 0.4) is 0 Å². The fraction of sp³-hybridized carbons (Fsp3) is 0.259. The fourth-order valence-electron chi connectivity index (χ4n) is 4.44. The van der Waals surface area contributed by atoms with Crippen molar-refractivity contribution in [3.63, 3.8) is 0 Å². The minimum absolute atomic E-state index is 0.222. The molecule has 0 spiro atoms. The van der Waals surface area contributed by atoms with E-state index < -0.39 is 0 Å². The van der Waals surface area contributed by atoms with Crippen LogP contribution in [0.15, 0.2) is 59.3 Å². The van der Waals surface area contributed by atoms with E-state index in [4.69, 9.17) is 9.15 Å². The zero-order chi connectivity index (χ0) is 24.1.